The summed E-state index contributed by atoms with van der Waals surface area (Å²) in [6.07, 6.45) is 1.05. The van der Waals surface area contributed by atoms with Crippen molar-refractivity contribution in [1.82, 2.24) is 18.9 Å². The van der Waals surface area contributed by atoms with Crippen molar-refractivity contribution in [2.45, 2.75) is 12.5 Å². The molecule has 2 aromatic heterocycles. The van der Waals surface area contributed by atoms with Crippen LogP contribution in [0.25, 0.3) is 21.9 Å². The Balaban J connectivity index is 1.77. The van der Waals surface area contributed by atoms with Gasteiger partial charge in [0.15, 0.2) is 0 Å². The van der Waals surface area contributed by atoms with Crippen LogP contribution in [0.15, 0.2) is 30.3 Å². The lowest BCUT2D eigenvalue weighted by Gasteiger charge is -2.20. The third-order valence-electron chi connectivity index (χ3n) is 5.49. The number of para-hydroxylation sites is 1. The number of likely N-dealkylation sites (tertiary alicyclic amines) is 1. The van der Waals surface area contributed by atoms with Gasteiger partial charge in [-0.3, -0.25) is 4.79 Å². The second-order valence-corrected chi connectivity index (χ2v) is 7.06. The van der Waals surface area contributed by atoms with Crippen LogP contribution in [-0.4, -0.2) is 58.1 Å². The first-order chi connectivity index (χ1) is 11.5. The minimum Gasteiger partial charge on any atom is -0.342 e. The molecule has 24 heavy (non-hydrogen) atoms. The number of carbonyl (C=O) groups is 1. The summed E-state index contributed by atoms with van der Waals surface area (Å²) in [5, 5.41) is 1.20. The molecule has 1 atom stereocenters. The van der Waals surface area contributed by atoms with Crippen molar-refractivity contribution in [3.05, 3.63) is 36.0 Å². The second kappa shape index (κ2) is 5.38. The van der Waals surface area contributed by atoms with E-state index in [-0.39, 0.29) is 5.91 Å². The summed E-state index contributed by atoms with van der Waals surface area (Å²) in [5.74, 6) is 0.141. The monoisotopic (exact) mass is 324 g/mol. The molecule has 0 unspecified atom stereocenters. The first-order valence-electron chi connectivity index (χ1n) is 8.47. The van der Waals surface area contributed by atoms with E-state index in [1.54, 1.807) is 0 Å². The van der Waals surface area contributed by atoms with Gasteiger partial charge in [0.2, 0.25) is 0 Å². The van der Waals surface area contributed by atoms with Gasteiger partial charge in [0.25, 0.3) is 5.91 Å². The summed E-state index contributed by atoms with van der Waals surface area (Å²) >= 11 is 0. The molecule has 1 aliphatic heterocycles. The molecule has 0 radical (unpaired) electrons. The Hall–Kier alpha value is -2.27. The Labute approximate surface area is 142 Å². The number of benzene rings is 1. The Morgan fingerprint density at radius 2 is 1.88 bits per heavy atom. The van der Waals surface area contributed by atoms with Crippen LogP contribution in [0.4, 0.5) is 0 Å². The molecule has 5 heteroatoms. The standard InChI is InChI=1S/C19H24N4O/c1-20(2)13-9-10-23(12-13)19(24)17-11-16-18(22(17)4)14-7-5-6-8-15(14)21(16)3/h5-8,11,13H,9-10,12H2,1-4H3/t13-/m0/s1. The number of hydrogen-bond donors (Lipinski definition) is 0. The minimum absolute atomic E-state index is 0.141. The van der Waals surface area contributed by atoms with Gasteiger partial charge in [-0.1, -0.05) is 18.2 Å². The first kappa shape index (κ1) is 15.3. The first-order valence-corrected chi connectivity index (χ1v) is 8.47. The van der Waals surface area contributed by atoms with E-state index >= 15 is 0 Å². The molecule has 126 valence electrons. The predicted molar refractivity (Wildman–Crippen MR) is 97.4 cm³/mol. The molecule has 3 heterocycles. The van der Waals surface area contributed by atoms with Gasteiger partial charge in [-0.2, -0.15) is 0 Å². The number of aromatic nitrogens is 2. The maximum atomic E-state index is 13.0. The predicted octanol–water partition coefficient (Wildman–Crippen LogP) is 2.45. The van der Waals surface area contributed by atoms with Gasteiger partial charge in [0.05, 0.1) is 16.6 Å². The topological polar surface area (TPSA) is 33.4 Å². The second-order valence-electron chi connectivity index (χ2n) is 7.06. The van der Waals surface area contributed by atoms with Crippen LogP contribution >= 0.6 is 0 Å². The Morgan fingerprint density at radius 1 is 1.12 bits per heavy atom. The van der Waals surface area contributed by atoms with E-state index in [1.807, 2.05) is 18.0 Å². The maximum absolute atomic E-state index is 13.0. The van der Waals surface area contributed by atoms with Gasteiger partial charge in [0, 0.05) is 38.6 Å². The smallest absolute Gasteiger partial charge is 0.270 e. The van der Waals surface area contributed by atoms with Crippen LogP contribution < -0.4 is 0 Å². The van der Waals surface area contributed by atoms with Gasteiger partial charge >= 0.3 is 0 Å². The zero-order chi connectivity index (χ0) is 17.0. The fraction of sp³-hybridized carbons (Fsp3) is 0.421. The average Bonchev–Trinajstić information content (AvgIpc) is 3.24. The zero-order valence-corrected chi connectivity index (χ0v) is 14.8. The number of aryl methyl sites for hydroxylation is 2. The van der Waals surface area contributed by atoms with Crippen LogP contribution in [-0.2, 0) is 14.1 Å². The van der Waals surface area contributed by atoms with Gasteiger partial charge in [0.1, 0.15) is 5.69 Å². The van der Waals surface area contributed by atoms with E-state index in [9.17, 15) is 4.79 Å². The molecule has 0 spiro atoms. The van der Waals surface area contributed by atoms with Crippen LogP contribution in [0.3, 0.4) is 0 Å². The van der Waals surface area contributed by atoms with Crippen molar-refractivity contribution < 1.29 is 4.79 Å². The third-order valence-corrected chi connectivity index (χ3v) is 5.49. The third kappa shape index (κ3) is 2.08. The summed E-state index contributed by atoms with van der Waals surface area (Å²) in [6.45, 7) is 1.65. The molecule has 1 aliphatic rings. The van der Waals surface area contributed by atoms with E-state index in [0.717, 1.165) is 36.2 Å². The van der Waals surface area contributed by atoms with Crippen LogP contribution in [0.5, 0.6) is 0 Å². The number of amides is 1. The number of likely N-dealkylation sites (N-methyl/N-ethyl adjacent to an activating group) is 1. The molecule has 0 saturated carbocycles. The van der Waals surface area contributed by atoms with Crippen LogP contribution in [0, 0.1) is 0 Å². The van der Waals surface area contributed by atoms with Gasteiger partial charge < -0.3 is 18.9 Å². The molecular weight excluding hydrogens is 300 g/mol. The lowest BCUT2D eigenvalue weighted by molar-refractivity contribution is 0.0774. The highest BCUT2D eigenvalue weighted by atomic mass is 16.2. The SMILES string of the molecule is CN(C)[C@H]1CCN(C(=O)c2cc3c(c4ccccc4n3C)n2C)C1. The molecule has 3 aromatic rings. The summed E-state index contributed by atoms with van der Waals surface area (Å²) < 4.78 is 4.23. The number of fused-ring (bicyclic) bond motifs is 3. The highest BCUT2D eigenvalue weighted by molar-refractivity contribution is 6.10. The maximum Gasteiger partial charge on any atom is 0.270 e. The molecule has 4 rings (SSSR count). The van der Waals surface area contributed by atoms with Gasteiger partial charge in [-0.15, -0.1) is 0 Å². The summed E-state index contributed by atoms with van der Waals surface area (Å²) in [7, 11) is 8.24. The molecule has 5 nitrogen and oxygen atoms in total. The minimum atomic E-state index is 0.141. The Bertz CT molecular complexity index is 934. The number of rotatable bonds is 2. The fourth-order valence-corrected chi connectivity index (χ4v) is 3.97. The summed E-state index contributed by atoms with van der Waals surface area (Å²) in [5.41, 5.74) is 4.23. The van der Waals surface area contributed by atoms with Crippen molar-refractivity contribution in [2.24, 2.45) is 14.1 Å². The molecule has 1 aromatic carbocycles. The number of hydrogen-bond acceptors (Lipinski definition) is 2. The van der Waals surface area contributed by atoms with Gasteiger partial charge in [-0.05, 0) is 32.6 Å². The van der Waals surface area contributed by atoms with E-state index in [4.69, 9.17) is 0 Å². The van der Waals surface area contributed by atoms with Crippen LogP contribution in [0.1, 0.15) is 16.9 Å². The highest BCUT2D eigenvalue weighted by Crippen LogP contribution is 2.31. The van der Waals surface area contributed by atoms with E-state index in [1.165, 1.54) is 10.9 Å². The zero-order valence-electron chi connectivity index (χ0n) is 14.8. The molecule has 1 saturated heterocycles. The van der Waals surface area contributed by atoms with Crippen molar-refractivity contribution in [1.29, 1.82) is 0 Å². The van der Waals surface area contributed by atoms with Crippen molar-refractivity contribution in [3.8, 4) is 0 Å². The van der Waals surface area contributed by atoms with Crippen molar-refractivity contribution in [3.63, 3.8) is 0 Å². The Kier molecular flexibility index (Phi) is 3.42. The highest BCUT2D eigenvalue weighted by Gasteiger charge is 2.30. The van der Waals surface area contributed by atoms with E-state index < -0.39 is 0 Å². The van der Waals surface area contributed by atoms with Crippen molar-refractivity contribution >= 4 is 27.8 Å². The molecule has 0 N–H and O–H groups in total. The molecular formula is C19H24N4O. The van der Waals surface area contributed by atoms with Crippen LogP contribution in [0.2, 0.25) is 0 Å². The molecule has 1 fully saturated rings. The van der Waals surface area contributed by atoms with Crippen molar-refractivity contribution in [2.75, 3.05) is 27.2 Å². The quantitative estimate of drug-likeness (QED) is 0.725. The summed E-state index contributed by atoms with van der Waals surface area (Å²) in [6, 6.07) is 10.9. The molecule has 0 aliphatic carbocycles. The van der Waals surface area contributed by atoms with E-state index in [0.29, 0.717) is 6.04 Å². The lowest BCUT2D eigenvalue weighted by Crippen LogP contribution is -2.35. The normalized spacial score (nSPS) is 18.4. The fourth-order valence-electron chi connectivity index (χ4n) is 3.97. The average molecular weight is 324 g/mol. The summed E-state index contributed by atoms with van der Waals surface area (Å²) in [4.78, 5) is 17.2. The molecule has 0 bridgehead atoms. The number of carbonyl (C=O) groups excluding carboxylic acids is 1. The Morgan fingerprint density at radius 3 is 2.58 bits per heavy atom. The van der Waals surface area contributed by atoms with E-state index in [2.05, 4.69) is 59.4 Å². The molecule has 1 amide bonds. The number of nitrogens with zero attached hydrogens (tertiary/aromatic N) is 4. The van der Waals surface area contributed by atoms with Gasteiger partial charge in [-0.25, -0.2) is 0 Å². The largest absolute Gasteiger partial charge is 0.342 e. The lowest BCUT2D eigenvalue weighted by atomic mass is 10.2.